The molecule has 0 saturated carbocycles. The minimum atomic E-state index is 1.26. The Morgan fingerprint density at radius 2 is 1.00 bits per heavy atom. The van der Waals surface area contributed by atoms with Gasteiger partial charge in [0.05, 0.1) is 33.9 Å². The number of halogens is 1. The Hall–Kier alpha value is -2.79. The van der Waals surface area contributed by atoms with E-state index >= 15 is 0 Å². The van der Waals surface area contributed by atoms with E-state index in [2.05, 4.69) is 122 Å². The zero-order valence-corrected chi connectivity index (χ0v) is 17.5. The van der Waals surface area contributed by atoms with Crippen molar-refractivity contribution >= 4 is 66.5 Å². The molecule has 0 saturated heterocycles. The lowest BCUT2D eigenvalue weighted by atomic mass is 10.0. The molecule has 0 aliphatic heterocycles. The molecule has 0 aliphatic carbocycles. The van der Waals surface area contributed by atoms with Crippen LogP contribution in [0.2, 0.25) is 0 Å². The van der Waals surface area contributed by atoms with Crippen molar-refractivity contribution in [3.8, 4) is 11.1 Å². The second kappa shape index (κ2) is 5.85. The summed E-state index contributed by atoms with van der Waals surface area (Å²) in [5.74, 6) is 0. The van der Waals surface area contributed by atoms with Crippen LogP contribution >= 0.6 is 22.9 Å². The van der Waals surface area contributed by atoms with Gasteiger partial charge < -0.3 is 4.57 Å². The van der Waals surface area contributed by atoms with Gasteiger partial charge >= 0.3 is 0 Å². The largest absolute Gasteiger partial charge is 0.344 e. The molecular weight excluding hydrogens is 455 g/mol. The molecule has 3 heteroatoms. The molecule has 0 spiro atoms. The van der Waals surface area contributed by atoms with E-state index in [1.54, 1.807) is 0 Å². The maximum Gasteiger partial charge on any atom is 0.0646 e. The van der Waals surface area contributed by atoms with Crippen molar-refractivity contribution in [3.05, 3.63) is 84.9 Å². The molecule has 0 aliphatic rings. The molecule has 6 rings (SSSR count). The Labute approximate surface area is 176 Å². The Bertz CT molecular complexity index is 1420. The molecule has 28 heavy (non-hydrogen) atoms. The average Bonchev–Trinajstić information content (AvgIpc) is 3.20. The van der Waals surface area contributed by atoms with Crippen LogP contribution in [0.15, 0.2) is 84.9 Å². The van der Waals surface area contributed by atoms with E-state index in [0.717, 1.165) is 0 Å². The van der Waals surface area contributed by atoms with Gasteiger partial charge in [0.2, 0.25) is 0 Å². The zero-order chi connectivity index (χ0) is 18.8. The quantitative estimate of drug-likeness (QED) is 0.222. The highest BCUT2D eigenvalue weighted by molar-refractivity contribution is 14.1. The Morgan fingerprint density at radius 1 is 0.536 bits per heavy atom. The van der Waals surface area contributed by atoms with Gasteiger partial charge in [0.15, 0.2) is 0 Å². The normalized spacial score (nSPS) is 11.9. The van der Waals surface area contributed by atoms with Gasteiger partial charge in [0.25, 0.3) is 0 Å². The van der Waals surface area contributed by atoms with E-state index in [-0.39, 0.29) is 0 Å². The van der Waals surface area contributed by atoms with Crippen LogP contribution in [0, 0.1) is 0 Å². The highest BCUT2D eigenvalue weighted by Gasteiger charge is 2.12. The molecule has 4 aromatic carbocycles. The molecule has 0 bridgehead atoms. The smallest absolute Gasteiger partial charge is 0.0646 e. The fourth-order valence-electron chi connectivity index (χ4n) is 4.45. The number of fused-ring (bicyclic) bond motifs is 6. The van der Waals surface area contributed by atoms with Gasteiger partial charge in [-0.3, -0.25) is 2.78 Å². The van der Waals surface area contributed by atoms with Gasteiger partial charge in [0.1, 0.15) is 0 Å². The number of aromatic nitrogens is 2. The lowest BCUT2D eigenvalue weighted by molar-refractivity contribution is 1.01. The van der Waals surface area contributed by atoms with E-state index in [0.29, 0.717) is 0 Å². The van der Waals surface area contributed by atoms with Crippen LogP contribution in [0.4, 0.5) is 0 Å². The van der Waals surface area contributed by atoms with Crippen LogP contribution in [0.25, 0.3) is 54.7 Å². The first kappa shape index (κ1) is 16.2. The van der Waals surface area contributed by atoms with Crippen LogP contribution in [0.1, 0.15) is 0 Å². The summed E-state index contributed by atoms with van der Waals surface area (Å²) in [6.45, 7) is 0. The van der Waals surface area contributed by atoms with Crippen molar-refractivity contribution in [2.45, 2.75) is 0 Å². The minimum absolute atomic E-state index is 1.26. The number of rotatable bonds is 1. The topological polar surface area (TPSA) is 9.86 Å². The van der Waals surface area contributed by atoms with Crippen molar-refractivity contribution in [2.24, 2.45) is 7.05 Å². The molecule has 2 heterocycles. The summed E-state index contributed by atoms with van der Waals surface area (Å²) in [5, 5.41) is 5.24. The van der Waals surface area contributed by atoms with Gasteiger partial charge in [-0.25, -0.2) is 0 Å². The molecule has 134 valence electrons. The molecule has 0 amide bonds. The second-order valence-corrected chi connectivity index (χ2v) is 8.30. The fraction of sp³-hybridized carbons (Fsp3) is 0.0400. The van der Waals surface area contributed by atoms with E-state index in [4.69, 9.17) is 0 Å². The zero-order valence-electron chi connectivity index (χ0n) is 15.4. The maximum absolute atomic E-state index is 2.40. The summed E-state index contributed by atoms with van der Waals surface area (Å²) in [4.78, 5) is 0. The molecule has 6 aromatic rings. The van der Waals surface area contributed by atoms with Crippen LogP contribution in [-0.2, 0) is 7.05 Å². The Balaban J connectivity index is 1.63. The van der Waals surface area contributed by atoms with Crippen LogP contribution < -0.4 is 0 Å². The van der Waals surface area contributed by atoms with Gasteiger partial charge in [-0.15, -0.1) is 0 Å². The average molecular weight is 472 g/mol. The molecule has 2 aromatic heterocycles. The number of para-hydroxylation sites is 2. The maximum atomic E-state index is 2.40. The third-order valence-corrected chi connectivity index (χ3v) is 6.90. The molecule has 0 atom stereocenters. The summed E-state index contributed by atoms with van der Waals surface area (Å²) >= 11 is 2.40. The summed E-state index contributed by atoms with van der Waals surface area (Å²) in [5.41, 5.74) is 7.59. The van der Waals surface area contributed by atoms with Crippen molar-refractivity contribution in [2.75, 3.05) is 0 Å². The van der Waals surface area contributed by atoms with Gasteiger partial charge in [-0.1, -0.05) is 48.5 Å². The van der Waals surface area contributed by atoms with Crippen molar-refractivity contribution < 1.29 is 0 Å². The summed E-state index contributed by atoms with van der Waals surface area (Å²) in [6, 6.07) is 30.9. The standard InChI is InChI=1S/C25H17IN2/c1-27-22-8-4-2-6-18(22)20-14-16(10-12-23(20)27)17-11-13-25-21(15-17)19-7-3-5-9-24(19)28(25)26/h2-15H,1H3. The third-order valence-electron chi connectivity index (χ3n) is 5.86. The number of hydrogen-bond donors (Lipinski definition) is 0. The minimum Gasteiger partial charge on any atom is -0.344 e. The summed E-state index contributed by atoms with van der Waals surface area (Å²) < 4.78 is 4.53. The first-order valence-electron chi connectivity index (χ1n) is 9.39. The Kier molecular flexibility index (Phi) is 3.38. The predicted molar refractivity (Wildman–Crippen MR) is 128 cm³/mol. The number of benzene rings is 4. The van der Waals surface area contributed by atoms with E-state index in [1.165, 1.54) is 54.7 Å². The monoisotopic (exact) mass is 472 g/mol. The van der Waals surface area contributed by atoms with E-state index < -0.39 is 0 Å². The summed E-state index contributed by atoms with van der Waals surface area (Å²) in [7, 11) is 2.14. The summed E-state index contributed by atoms with van der Waals surface area (Å²) in [6.07, 6.45) is 0. The van der Waals surface area contributed by atoms with Crippen molar-refractivity contribution in [3.63, 3.8) is 0 Å². The first-order valence-corrected chi connectivity index (χ1v) is 10.4. The predicted octanol–water partition coefficient (Wildman–Crippen LogP) is 7.30. The third kappa shape index (κ3) is 2.14. The first-order chi connectivity index (χ1) is 13.7. The highest BCUT2D eigenvalue weighted by atomic mass is 127. The van der Waals surface area contributed by atoms with Crippen LogP contribution in [0.3, 0.4) is 0 Å². The van der Waals surface area contributed by atoms with Crippen molar-refractivity contribution in [1.29, 1.82) is 0 Å². The molecule has 0 radical (unpaired) electrons. The van der Waals surface area contributed by atoms with Crippen molar-refractivity contribution in [1.82, 2.24) is 7.35 Å². The number of hydrogen-bond acceptors (Lipinski definition) is 0. The molecule has 0 N–H and O–H groups in total. The lowest BCUT2D eigenvalue weighted by Crippen LogP contribution is -1.86. The van der Waals surface area contributed by atoms with E-state index in [1.807, 2.05) is 0 Å². The van der Waals surface area contributed by atoms with Gasteiger partial charge in [-0.2, -0.15) is 0 Å². The number of nitrogens with zero attached hydrogens (tertiary/aromatic N) is 2. The van der Waals surface area contributed by atoms with E-state index in [9.17, 15) is 0 Å². The molecular formula is C25H17IN2. The fourth-order valence-corrected chi connectivity index (χ4v) is 5.29. The van der Waals surface area contributed by atoms with Crippen LogP contribution in [0.5, 0.6) is 0 Å². The van der Waals surface area contributed by atoms with Gasteiger partial charge in [0, 0.05) is 39.6 Å². The van der Waals surface area contributed by atoms with Gasteiger partial charge in [-0.05, 0) is 47.5 Å². The highest BCUT2D eigenvalue weighted by Crippen LogP contribution is 2.36. The Morgan fingerprint density at radius 3 is 1.71 bits per heavy atom. The second-order valence-electron chi connectivity index (χ2n) is 7.34. The molecule has 2 nitrogen and oxygen atoms in total. The number of aryl methyl sites for hydroxylation is 1. The lowest BCUT2D eigenvalue weighted by Gasteiger charge is -2.05. The molecule has 0 fully saturated rings. The van der Waals surface area contributed by atoms with Crippen LogP contribution in [-0.4, -0.2) is 7.35 Å². The molecule has 0 unspecified atom stereocenters. The SMILES string of the molecule is Cn1c2ccccc2c2cc(-c3ccc4c(c3)c3ccccc3n4I)ccc21.